The second-order valence-corrected chi connectivity index (χ2v) is 6.64. The molecule has 0 radical (unpaired) electrons. The maximum atomic E-state index is 6.16. The molecule has 4 aromatic carbocycles. The normalized spacial score (nSPS) is 11.3. The molecular weight excluding hydrogens is 342 g/mol. The molecule has 0 bridgehead atoms. The zero-order chi connectivity index (χ0) is 17.5. The van der Waals surface area contributed by atoms with Crippen molar-refractivity contribution in [2.45, 2.75) is 0 Å². The number of aromatic nitrogens is 3. The SMILES string of the molecule is Clc1ccc2ccc(-c3cccc4nn(-c5ccccc5)nc34)cc2c1. The topological polar surface area (TPSA) is 30.7 Å². The first-order valence-corrected chi connectivity index (χ1v) is 8.77. The smallest absolute Gasteiger partial charge is 0.121 e. The van der Waals surface area contributed by atoms with Crippen molar-refractivity contribution in [3.63, 3.8) is 0 Å². The molecule has 0 saturated carbocycles. The highest BCUT2D eigenvalue weighted by Gasteiger charge is 2.11. The van der Waals surface area contributed by atoms with Crippen molar-refractivity contribution < 1.29 is 0 Å². The fourth-order valence-corrected chi connectivity index (χ4v) is 3.41. The molecular formula is C22H14ClN3. The number of fused-ring (bicyclic) bond motifs is 2. The minimum absolute atomic E-state index is 0.739. The number of nitrogens with zero attached hydrogens (tertiary/aromatic N) is 3. The van der Waals surface area contributed by atoms with Crippen molar-refractivity contribution in [3.05, 3.63) is 90.0 Å². The van der Waals surface area contributed by atoms with Crippen molar-refractivity contribution in [1.29, 1.82) is 0 Å². The predicted octanol–water partition coefficient (Wildman–Crippen LogP) is 5.89. The maximum Gasteiger partial charge on any atom is 0.121 e. The first-order chi connectivity index (χ1) is 12.8. The standard InChI is InChI=1S/C22H14ClN3/c23-18-12-11-15-9-10-16(13-17(15)14-18)20-7-4-8-21-22(20)25-26(24-21)19-5-2-1-3-6-19/h1-14H. The van der Waals surface area contributed by atoms with Crippen LogP contribution in [-0.4, -0.2) is 15.0 Å². The van der Waals surface area contributed by atoms with E-state index < -0.39 is 0 Å². The third-order valence-corrected chi connectivity index (χ3v) is 4.75. The molecule has 0 saturated heterocycles. The zero-order valence-electron chi connectivity index (χ0n) is 13.8. The van der Waals surface area contributed by atoms with Crippen LogP contribution in [0.4, 0.5) is 0 Å². The molecule has 1 heterocycles. The van der Waals surface area contributed by atoms with E-state index in [0.29, 0.717) is 0 Å². The molecule has 124 valence electrons. The van der Waals surface area contributed by atoms with Crippen LogP contribution in [0.25, 0.3) is 38.6 Å². The largest absolute Gasteiger partial charge is 0.150 e. The Hall–Kier alpha value is -3.17. The summed E-state index contributed by atoms with van der Waals surface area (Å²) >= 11 is 6.16. The van der Waals surface area contributed by atoms with E-state index in [-0.39, 0.29) is 0 Å². The summed E-state index contributed by atoms with van der Waals surface area (Å²) in [6, 6.07) is 28.3. The summed E-state index contributed by atoms with van der Waals surface area (Å²) in [5.74, 6) is 0. The van der Waals surface area contributed by atoms with E-state index in [2.05, 4.69) is 29.4 Å². The van der Waals surface area contributed by atoms with Crippen molar-refractivity contribution in [3.8, 4) is 16.8 Å². The second-order valence-electron chi connectivity index (χ2n) is 6.20. The van der Waals surface area contributed by atoms with Gasteiger partial charge in [-0.15, -0.1) is 10.2 Å². The lowest BCUT2D eigenvalue weighted by atomic mass is 10.0. The summed E-state index contributed by atoms with van der Waals surface area (Å²) < 4.78 is 0. The average Bonchev–Trinajstić information content (AvgIpc) is 3.12. The molecule has 0 fully saturated rings. The summed E-state index contributed by atoms with van der Waals surface area (Å²) in [6.07, 6.45) is 0. The van der Waals surface area contributed by atoms with Gasteiger partial charge in [-0.05, 0) is 52.7 Å². The van der Waals surface area contributed by atoms with E-state index in [9.17, 15) is 0 Å². The number of hydrogen-bond acceptors (Lipinski definition) is 2. The minimum Gasteiger partial charge on any atom is -0.150 e. The molecule has 0 amide bonds. The van der Waals surface area contributed by atoms with Crippen LogP contribution >= 0.6 is 11.6 Å². The van der Waals surface area contributed by atoms with Crippen molar-refractivity contribution in [1.82, 2.24) is 15.0 Å². The summed E-state index contributed by atoms with van der Waals surface area (Å²) in [5.41, 5.74) is 4.87. The van der Waals surface area contributed by atoms with Gasteiger partial charge in [-0.1, -0.05) is 60.1 Å². The number of benzene rings is 4. The Morgan fingerprint density at radius 2 is 1.54 bits per heavy atom. The summed E-state index contributed by atoms with van der Waals surface area (Å²) in [4.78, 5) is 1.69. The molecule has 0 unspecified atom stereocenters. The Labute approximate surface area is 155 Å². The highest BCUT2D eigenvalue weighted by molar-refractivity contribution is 6.31. The van der Waals surface area contributed by atoms with Crippen LogP contribution in [0.1, 0.15) is 0 Å². The average molecular weight is 356 g/mol. The molecule has 3 nitrogen and oxygen atoms in total. The molecule has 1 aromatic heterocycles. The third kappa shape index (κ3) is 2.54. The van der Waals surface area contributed by atoms with Crippen LogP contribution in [-0.2, 0) is 0 Å². The number of para-hydroxylation sites is 1. The molecule has 0 N–H and O–H groups in total. The fourth-order valence-electron chi connectivity index (χ4n) is 3.23. The maximum absolute atomic E-state index is 6.16. The van der Waals surface area contributed by atoms with E-state index in [1.54, 1.807) is 4.80 Å². The van der Waals surface area contributed by atoms with Gasteiger partial charge in [0.05, 0.1) is 5.69 Å². The minimum atomic E-state index is 0.739. The van der Waals surface area contributed by atoms with Gasteiger partial charge < -0.3 is 0 Å². The van der Waals surface area contributed by atoms with Gasteiger partial charge in [0.1, 0.15) is 11.0 Å². The Morgan fingerprint density at radius 1 is 0.692 bits per heavy atom. The van der Waals surface area contributed by atoms with Crippen LogP contribution in [0.5, 0.6) is 0 Å². The number of rotatable bonds is 2. The Bertz CT molecular complexity index is 1240. The predicted molar refractivity (Wildman–Crippen MR) is 107 cm³/mol. The first kappa shape index (κ1) is 15.1. The lowest BCUT2D eigenvalue weighted by Gasteiger charge is -2.05. The Kier molecular flexibility index (Phi) is 3.47. The van der Waals surface area contributed by atoms with Gasteiger partial charge in [0.15, 0.2) is 0 Å². The van der Waals surface area contributed by atoms with Gasteiger partial charge in [-0.25, -0.2) is 0 Å². The van der Waals surface area contributed by atoms with Crippen molar-refractivity contribution in [2.24, 2.45) is 0 Å². The summed E-state index contributed by atoms with van der Waals surface area (Å²) in [7, 11) is 0. The molecule has 4 heteroatoms. The number of hydrogen-bond donors (Lipinski definition) is 0. The van der Waals surface area contributed by atoms with Gasteiger partial charge in [0.25, 0.3) is 0 Å². The van der Waals surface area contributed by atoms with Crippen molar-refractivity contribution >= 4 is 33.4 Å². The highest BCUT2D eigenvalue weighted by Crippen LogP contribution is 2.30. The van der Waals surface area contributed by atoms with Crippen LogP contribution < -0.4 is 0 Å². The molecule has 5 rings (SSSR count). The number of halogens is 1. The zero-order valence-corrected chi connectivity index (χ0v) is 14.6. The first-order valence-electron chi connectivity index (χ1n) is 8.39. The van der Waals surface area contributed by atoms with E-state index in [1.165, 1.54) is 5.39 Å². The summed E-state index contributed by atoms with van der Waals surface area (Å²) in [5, 5.41) is 12.4. The van der Waals surface area contributed by atoms with E-state index in [1.807, 2.05) is 60.7 Å². The fraction of sp³-hybridized carbons (Fsp3) is 0. The van der Waals surface area contributed by atoms with Crippen LogP contribution in [0.3, 0.4) is 0 Å². The van der Waals surface area contributed by atoms with E-state index in [4.69, 9.17) is 16.7 Å². The molecule has 0 spiro atoms. The molecule has 5 aromatic rings. The van der Waals surface area contributed by atoms with Crippen LogP contribution in [0.2, 0.25) is 5.02 Å². The highest BCUT2D eigenvalue weighted by atomic mass is 35.5. The monoisotopic (exact) mass is 355 g/mol. The van der Waals surface area contributed by atoms with Gasteiger partial charge in [-0.3, -0.25) is 0 Å². The van der Waals surface area contributed by atoms with Crippen molar-refractivity contribution in [2.75, 3.05) is 0 Å². The molecule has 0 aliphatic heterocycles. The van der Waals surface area contributed by atoms with Gasteiger partial charge in [0, 0.05) is 10.6 Å². The molecule has 26 heavy (non-hydrogen) atoms. The van der Waals surface area contributed by atoms with E-state index in [0.717, 1.165) is 38.3 Å². The molecule has 0 aliphatic rings. The van der Waals surface area contributed by atoms with Gasteiger partial charge in [-0.2, -0.15) is 4.80 Å². The van der Waals surface area contributed by atoms with Gasteiger partial charge in [0.2, 0.25) is 0 Å². The Morgan fingerprint density at radius 3 is 2.42 bits per heavy atom. The van der Waals surface area contributed by atoms with Crippen LogP contribution in [0, 0.1) is 0 Å². The lowest BCUT2D eigenvalue weighted by Crippen LogP contribution is -1.97. The van der Waals surface area contributed by atoms with E-state index >= 15 is 0 Å². The lowest BCUT2D eigenvalue weighted by molar-refractivity contribution is 0.766. The van der Waals surface area contributed by atoms with Crippen LogP contribution in [0.15, 0.2) is 84.9 Å². The molecule has 0 aliphatic carbocycles. The quantitative estimate of drug-likeness (QED) is 0.395. The van der Waals surface area contributed by atoms with Gasteiger partial charge >= 0.3 is 0 Å². The molecule has 0 atom stereocenters. The third-order valence-electron chi connectivity index (χ3n) is 4.51. The summed E-state index contributed by atoms with van der Waals surface area (Å²) in [6.45, 7) is 0. The Balaban J connectivity index is 1.70. The second kappa shape index (κ2) is 5.97.